The fourth-order valence-electron chi connectivity index (χ4n) is 5.30. The minimum Gasteiger partial charge on any atom is -0.369 e. The van der Waals surface area contributed by atoms with Gasteiger partial charge in [-0.15, -0.1) is 0 Å². The number of nitrogens with zero attached hydrogens (tertiary/aromatic N) is 5. The van der Waals surface area contributed by atoms with E-state index in [2.05, 4.69) is 20.6 Å². The average Bonchev–Trinajstić information content (AvgIpc) is 3.23. The molecule has 1 amide bonds. The van der Waals surface area contributed by atoms with Crippen molar-refractivity contribution in [2.24, 2.45) is 11.7 Å². The molecule has 5 rings (SSSR count). The van der Waals surface area contributed by atoms with Crippen LogP contribution in [0.2, 0.25) is 5.02 Å². The van der Waals surface area contributed by atoms with Crippen molar-refractivity contribution < 1.29 is 22.0 Å². The zero-order valence-corrected chi connectivity index (χ0v) is 22.8. The Morgan fingerprint density at radius 3 is 2.41 bits per heavy atom. The Morgan fingerprint density at radius 2 is 1.79 bits per heavy atom. The van der Waals surface area contributed by atoms with Crippen molar-refractivity contribution >= 4 is 56.3 Å². The molecule has 2 fully saturated rings. The van der Waals surface area contributed by atoms with Gasteiger partial charge in [0.25, 0.3) is 0 Å². The largest absolute Gasteiger partial charge is 0.369 e. The minimum absolute atomic E-state index is 0.0208. The number of carbonyl (C=O) groups excluding carboxylic acids is 1. The Labute approximate surface area is 229 Å². The number of fused-ring (bicyclic) bond motifs is 1. The number of halogens is 3. The lowest BCUT2D eigenvalue weighted by atomic mass is 9.85. The third-order valence-corrected chi connectivity index (χ3v) is 9.00. The van der Waals surface area contributed by atoms with Crippen molar-refractivity contribution in [2.75, 3.05) is 30.0 Å². The molecule has 1 saturated carbocycles. The van der Waals surface area contributed by atoms with Gasteiger partial charge in [-0.05, 0) is 44.6 Å². The average molecular weight is 583 g/mol. The Kier molecular flexibility index (Phi) is 7.62. The number of primary amides is 1. The van der Waals surface area contributed by atoms with Crippen LogP contribution in [0.4, 0.5) is 26.4 Å². The maximum atomic E-state index is 14.6. The van der Waals surface area contributed by atoms with Gasteiger partial charge >= 0.3 is 0 Å². The Balaban J connectivity index is 1.46. The maximum absolute atomic E-state index is 14.6. The van der Waals surface area contributed by atoms with E-state index < -0.39 is 21.7 Å². The van der Waals surface area contributed by atoms with E-state index in [0.717, 1.165) is 12.1 Å². The van der Waals surface area contributed by atoms with Crippen LogP contribution in [0.3, 0.4) is 0 Å². The van der Waals surface area contributed by atoms with Crippen molar-refractivity contribution in [3.05, 3.63) is 35.0 Å². The second-order valence-corrected chi connectivity index (χ2v) is 12.5. The molecule has 0 radical (unpaired) electrons. The van der Waals surface area contributed by atoms with Crippen LogP contribution in [-0.4, -0.2) is 63.5 Å². The highest BCUT2D eigenvalue weighted by molar-refractivity contribution is 7.88. The molecule has 1 saturated heterocycles. The monoisotopic (exact) mass is 582 g/mol. The molecule has 210 valence electrons. The standard InChI is InChI=1S/C24H29ClF2N8O3S/c1-39(37,38)34-8-6-15(7-9-34)30-23-29-12-19-22(33-23)35(16-4-2-13(3-5-16)21(28)36)24(31-19)32-20-17(25)10-14(26)11-18(20)27/h10-13,15-16H,2-9H2,1H3,(H2,28,36)(H,31,32)(H,29,30,33)/t13-,16-. The molecule has 1 aliphatic carbocycles. The second-order valence-electron chi connectivity index (χ2n) is 10.1. The summed E-state index contributed by atoms with van der Waals surface area (Å²) in [5.74, 6) is -1.62. The Bertz CT molecular complexity index is 1480. The van der Waals surface area contributed by atoms with Gasteiger partial charge in [-0.3, -0.25) is 9.36 Å². The van der Waals surface area contributed by atoms with Gasteiger partial charge in [-0.2, -0.15) is 4.98 Å². The first kappa shape index (κ1) is 27.5. The summed E-state index contributed by atoms with van der Waals surface area (Å²) in [4.78, 5) is 25.4. The molecule has 2 aromatic heterocycles. The molecule has 0 unspecified atom stereocenters. The number of sulfonamides is 1. The number of nitrogens with one attached hydrogen (secondary N) is 2. The van der Waals surface area contributed by atoms with Crippen LogP contribution < -0.4 is 16.4 Å². The molecular weight excluding hydrogens is 554 g/mol. The number of imidazole rings is 1. The van der Waals surface area contributed by atoms with Crippen LogP contribution in [0.1, 0.15) is 44.6 Å². The summed E-state index contributed by atoms with van der Waals surface area (Å²) in [6.07, 6.45) is 6.34. The van der Waals surface area contributed by atoms with Gasteiger partial charge in [-0.25, -0.2) is 31.5 Å². The number of anilines is 3. The molecule has 4 N–H and O–H groups in total. The number of piperidine rings is 1. The molecule has 3 aromatic rings. The van der Waals surface area contributed by atoms with E-state index in [9.17, 15) is 22.0 Å². The molecule has 11 nitrogen and oxygen atoms in total. The van der Waals surface area contributed by atoms with Gasteiger partial charge < -0.3 is 16.4 Å². The smallest absolute Gasteiger partial charge is 0.224 e. The maximum Gasteiger partial charge on any atom is 0.224 e. The minimum atomic E-state index is -3.24. The quantitative estimate of drug-likeness (QED) is 0.383. The molecule has 3 heterocycles. The number of hydrogen-bond acceptors (Lipinski definition) is 8. The highest BCUT2D eigenvalue weighted by Gasteiger charge is 2.30. The van der Waals surface area contributed by atoms with Crippen LogP contribution in [0.5, 0.6) is 0 Å². The highest BCUT2D eigenvalue weighted by Crippen LogP contribution is 2.38. The number of carbonyl (C=O) groups is 1. The predicted molar refractivity (Wildman–Crippen MR) is 143 cm³/mol. The molecule has 2 aliphatic rings. The number of nitrogens with two attached hydrogens (primary N) is 1. The van der Waals surface area contributed by atoms with Gasteiger partial charge in [0, 0.05) is 37.2 Å². The van der Waals surface area contributed by atoms with E-state index in [1.165, 1.54) is 10.6 Å². The number of benzene rings is 1. The molecule has 0 atom stereocenters. The molecule has 0 bridgehead atoms. The van der Waals surface area contributed by atoms with Gasteiger partial charge in [0.2, 0.25) is 27.8 Å². The number of hydrogen-bond donors (Lipinski definition) is 3. The predicted octanol–water partition coefficient (Wildman–Crippen LogP) is 3.55. The molecule has 0 spiro atoms. The van der Waals surface area contributed by atoms with Gasteiger partial charge in [0.15, 0.2) is 11.5 Å². The molecule has 1 aromatic carbocycles. The number of rotatable bonds is 7. The van der Waals surface area contributed by atoms with Crippen molar-refractivity contribution in [2.45, 2.75) is 50.6 Å². The van der Waals surface area contributed by atoms with Gasteiger partial charge in [0.05, 0.1) is 23.2 Å². The summed E-state index contributed by atoms with van der Waals surface area (Å²) in [5, 5.41) is 6.06. The first-order valence-electron chi connectivity index (χ1n) is 12.7. The van der Waals surface area contributed by atoms with E-state index in [0.29, 0.717) is 68.7 Å². The fraction of sp³-hybridized carbons (Fsp3) is 0.500. The zero-order chi connectivity index (χ0) is 27.9. The summed E-state index contributed by atoms with van der Waals surface area (Å²) < 4.78 is 55.2. The SMILES string of the molecule is CS(=O)(=O)N1CCC(Nc2ncc3nc(Nc4c(F)cc(F)cc4Cl)n([C@H]4CC[C@H](C(N)=O)CC4)c3n2)CC1. The summed E-state index contributed by atoms with van der Waals surface area (Å²) in [7, 11) is -3.24. The van der Waals surface area contributed by atoms with Crippen LogP contribution in [0.25, 0.3) is 11.2 Å². The summed E-state index contributed by atoms with van der Waals surface area (Å²) in [6, 6.07) is 1.59. The van der Waals surface area contributed by atoms with Crippen molar-refractivity contribution in [3.8, 4) is 0 Å². The van der Waals surface area contributed by atoms with Gasteiger partial charge in [-0.1, -0.05) is 11.6 Å². The first-order valence-corrected chi connectivity index (χ1v) is 14.9. The fourth-order valence-corrected chi connectivity index (χ4v) is 6.42. The van der Waals surface area contributed by atoms with Crippen LogP contribution in [-0.2, 0) is 14.8 Å². The topological polar surface area (TPSA) is 148 Å². The van der Waals surface area contributed by atoms with E-state index in [1.807, 2.05) is 4.57 Å². The lowest BCUT2D eigenvalue weighted by Crippen LogP contribution is -2.42. The third-order valence-electron chi connectivity index (χ3n) is 7.40. The van der Waals surface area contributed by atoms with Crippen LogP contribution >= 0.6 is 11.6 Å². The van der Waals surface area contributed by atoms with Crippen molar-refractivity contribution in [3.63, 3.8) is 0 Å². The second kappa shape index (κ2) is 10.8. The van der Waals surface area contributed by atoms with Gasteiger partial charge in [0.1, 0.15) is 11.3 Å². The van der Waals surface area contributed by atoms with Crippen molar-refractivity contribution in [1.82, 2.24) is 23.8 Å². The number of amides is 1. The summed E-state index contributed by atoms with van der Waals surface area (Å²) in [6.45, 7) is 0.801. The molecule has 39 heavy (non-hydrogen) atoms. The summed E-state index contributed by atoms with van der Waals surface area (Å²) >= 11 is 6.14. The Morgan fingerprint density at radius 1 is 1.10 bits per heavy atom. The highest BCUT2D eigenvalue weighted by atomic mass is 35.5. The van der Waals surface area contributed by atoms with Crippen LogP contribution in [0, 0.1) is 17.6 Å². The van der Waals surface area contributed by atoms with E-state index >= 15 is 0 Å². The lowest BCUT2D eigenvalue weighted by Gasteiger charge is -2.30. The summed E-state index contributed by atoms with van der Waals surface area (Å²) in [5.41, 5.74) is 6.34. The van der Waals surface area contributed by atoms with E-state index in [4.69, 9.17) is 22.3 Å². The van der Waals surface area contributed by atoms with Crippen LogP contribution in [0.15, 0.2) is 18.3 Å². The normalized spacial score (nSPS) is 21.2. The Hall–Kier alpha value is -3.10. The number of aromatic nitrogens is 4. The zero-order valence-electron chi connectivity index (χ0n) is 21.2. The first-order chi connectivity index (χ1) is 18.5. The molecule has 15 heteroatoms. The molecule has 1 aliphatic heterocycles. The van der Waals surface area contributed by atoms with E-state index in [1.54, 1.807) is 6.20 Å². The lowest BCUT2D eigenvalue weighted by molar-refractivity contribution is -0.122. The molecular formula is C24H29ClF2N8O3S. The van der Waals surface area contributed by atoms with Crippen molar-refractivity contribution in [1.29, 1.82) is 0 Å². The van der Waals surface area contributed by atoms with E-state index in [-0.39, 0.29) is 40.6 Å². The third kappa shape index (κ3) is 5.92.